The molecule has 2 aromatic carbocycles. The maximum atomic E-state index is 13.2. The number of fused-ring (bicyclic) bond motifs is 6. The first-order valence-electron chi connectivity index (χ1n) is 11.6. The molecule has 3 aliphatic rings. The number of benzene rings is 2. The molecular weight excluding hydrogens is 488 g/mol. The van der Waals surface area contributed by atoms with Gasteiger partial charge < -0.3 is 10.1 Å². The fraction of sp³-hybridized carbons (Fsp3) is 0.385. The number of anilines is 1. The Morgan fingerprint density at radius 1 is 1.12 bits per heavy atom. The first-order chi connectivity index (χ1) is 16.5. The quantitative estimate of drug-likeness (QED) is 0.465. The van der Waals surface area contributed by atoms with Gasteiger partial charge in [0.25, 0.3) is 0 Å². The molecule has 1 aliphatic heterocycles. The van der Waals surface area contributed by atoms with Gasteiger partial charge in [0.05, 0.1) is 12.1 Å². The SMILES string of the molecule is COc1ccc(NC(=O)Cn2c3c(sc2=O)[C@H](c2ccc(Cl)cc2)C2C4CCC(C4)C2S3)cc1. The lowest BCUT2D eigenvalue weighted by Gasteiger charge is -2.40. The summed E-state index contributed by atoms with van der Waals surface area (Å²) in [5, 5.41) is 5.11. The summed E-state index contributed by atoms with van der Waals surface area (Å²) in [7, 11) is 1.61. The lowest BCUT2D eigenvalue weighted by atomic mass is 9.75. The lowest BCUT2D eigenvalue weighted by Crippen LogP contribution is -2.34. The van der Waals surface area contributed by atoms with Gasteiger partial charge in [-0.05, 0) is 79.0 Å². The van der Waals surface area contributed by atoms with Crippen LogP contribution in [0.1, 0.15) is 35.6 Å². The van der Waals surface area contributed by atoms with Crippen molar-refractivity contribution in [3.05, 3.63) is 73.7 Å². The molecule has 0 radical (unpaired) electrons. The number of carbonyl (C=O) groups excluding carboxylic acids is 1. The first kappa shape index (κ1) is 22.3. The number of hydrogen-bond acceptors (Lipinski definition) is 5. The highest BCUT2D eigenvalue weighted by Gasteiger charge is 2.55. The van der Waals surface area contributed by atoms with Crippen LogP contribution in [-0.4, -0.2) is 22.8 Å². The van der Waals surface area contributed by atoms with E-state index in [1.54, 1.807) is 35.9 Å². The van der Waals surface area contributed by atoms with E-state index in [1.807, 2.05) is 23.9 Å². The number of rotatable bonds is 5. The van der Waals surface area contributed by atoms with Crippen LogP contribution in [0.3, 0.4) is 0 Å². The van der Waals surface area contributed by atoms with Gasteiger partial charge in [-0.2, -0.15) is 0 Å². The van der Waals surface area contributed by atoms with E-state index in [-0.39, 0.29) is 23.2 Å². The van der Waals surface area contributed by atoms with Gasteiger partial charge in [-0.3, -0.25) is 14.2 Å². The molecule has 0 spiro atoms. The molecule has 2 heterocycles. The second-order valence-corrected chi connectivity index (χ2v) is 12.0. The summed E-state index contributed by atoms with van der Waals surface area (Å²) in [5.74, 6) is 2.66. The molecule has 1 N–H and O–H groups in total. The maximum Gasteiger partial charge on any atom is 0.308 e. The summed E-state index contributed by atoms with van der Waals surface area (Å²) in [6.45, 7) is 0.0164. The van der Waals surface area contributed by atoms with Crippen LogP contribution in [-0.2, 0) is 11.3 Å². The number of amides is 1. The molecule has 5 atom stereocenters. The highest BCUT2D eigenvalue weighted by atomic mass is 35.5. The Morgan fingerprint density at radius 3 is 2.59 bits per heavy atom. The van der Waals surface area contributed by atoms with Crippen LogP contribution in [0.15, 0.2) is 58.4 Å². The third-order valence-corrected chi connectivity index (χ3v) is 10.7. The minimum atomic E-state index is -0.202. The van der Waals surface area contributed by atoms with Crippen LogP contribution >= 0.6 is 34.7 Å². The summed E-state index contributed by atoms with van der Waals surface area (Å²) in [5.41, 5.74) is 1.91. The van der Waals surface area contributed by atoms with E-state index < -0.39 is 0 Å². The zero-order valence-corrected chi connectivity index (χ0v) is 21.1. The molecule has 34 heavy (non-hydrogen) atoms. The van der Waals surface area contributed by atoms with Gasteiger partial charge >= 0.3 is 4.87 Å². The van der Waals surface area contributed by atoms with Crippen LogP contribution < -0.4 is 14.9 Å². The van der Waals surface area contributed by atoms with E-state index in [0.717, 1.165) is 20.7 Å². The minimum Gasteiger partial charge on any atom is -0.497 e. The van der Waals surface area contributed by atoms with Crippen molar-refractivity contribution in [2.75, 3.05) is 12.4 Å². The molecule has 1 aromatic heterocycles. The van der Waals surface area contributed by atoms with E-state index in [2.05, 4.69) is 17.4 Å². The Hall–Kier alpha value is -2.22. The summed E-state index contributed by atoms with van der Waals surface area (Å²) in [6, 6.07) is 15.3. The number of hydrogen-bond donors (Lipinski definition) is 1. The van der Waals surface area contributed by atoms with Crippen LogP contribution in [0.2, 0.25) is 5.02 Å². The molecule has 2 saturated carbocycles. The predicted molar refractivity (Wildman–Crippen MR) is 137 cm³/mol. The molecule has 2 fully saturated rings. The molecule has 0 saturated heterocycles. The van der Waals surface area contributed by atoms with Gasteiger partial charge in [0.2, 0.25) is 5.91 Å². The zero-order chi connectivity index (χ0) is 23.4. The number of nitrogens with zero attached hydrogens (tertiary/aromatic N) is 1. The maximum absolute atomic E-state index is 13.2. The Balaban J connectivity index is 1.33. The van der Waals surface area contributed by atoms with E-state index >= 15 is 0 Å². The minimum absolute atomic E-state index is 0.0164. The zero-order valence-electron chi connectivity index (χ0n) is 18.7. The summed E-state index contributed by atoms with van der Waals surface area (Å²) < 4.78 is 6.87. The van der Waals surface area contributed by atoms with E-state index in [1.165, 1.54) is 36.2 Å². The normalized spacial score (nSPS) is 26.7. The monoisotopic (exact) mass is 512 g/mol. The van der Waals surface area contributed by atoms with Crippen LogP contribution in [0, 0.1) is 17.8 Å². The molecule has 2 bridgehead atoms. The average Bonchev–Trinajstić information content (AvgIpc) is 3.53. The first-order valence-corrected chi connectivity index (χ1v) is 13.7. The molecule has 4 unspecified atom stereocenters. The fourth-order valence-electron chi connectivity index (χ4n) is 6.15. The number of nitrogens with one attached hydrogen (secondary N) is 1. The van der Waals surface area contributed by atoms with Gasteiger partial charge in [0.15, 0.2) is 0 Å². The third kappa shape index (κ3) is 3.78. The second-order valence-electron chi connectivity index (χ2n) is 9.42. The highest BCUT2D eigenvalue weighted by molar-refractivity contribution is 8.00. The van der Waals surface area contributed by atoms with E-state index in [9.17, 15) is 9.59 Å². The molecule has 1 amide bonds. The Kier molecular flexibility index (Phi) is 5.74. The van der Waals surface area contributed by atoms with Crippen molar-refractivity contribution in [2.45, 2.75) is 42.0 Å². The third-order valence-electron chi connectivity index (χ3n) is 7.60. The average molecular weight is 513 g/mol. The number of ether oxygens (including phenoxy) is 1. The Bertz CT molecular complexity index is 1280. The van der Waals surface area contributed by atoms with Crippen molar-refractivity contribution in [2.24, 2.45) is 17.8 Å². The van der Waals surface area contributed by atoms with Gasteiger partial charge in [-0.25, -0.2) is 0 Å². The number of aromatic nitrogens is 1. The lowest BCUT2D eigenvalue weighted by molar-refractivity contribution is -0.116. The van der Waals surface area contributed by atoms with Crippen LogP contribution in [0.4, 0.5) is 5.69 Å². The molecular formula is C26H25ClN2O3S2. The van der Waals surface area contributed by atoms with Gasteiger partial charge in [-0.1, -0.05) is 35.1 Å². The molecule has 3 aromatic rings. The predicted octanol–water partition coefficient (Wildman–Crippen LogP) is 5.86. The van der Waals surface area contributed by atoms with Crippen molar-refractivity contribution in [1.82, 2.24) is 4.57 Å². The van der Waals surface area contributed by atoms with Crippen molar-refractivity contribution in [3.8, 4) is 5.75 Å². The van der Waals surface area contributed by atoms with Crippen molar-refractivity contribution in [1.29, 1.82) is 0 Å². The summed E-state index contributed by atoms with van der Waals surface area (Å²) >= 11 is 9.34. The largest absolute Gasteiger partial charge is 0.497 e. The van der Waals surface area contributed by atoms with Crippen molar-refractivity contribution in [3.63, 3.8) is 0 Å². The second kappa shape index (κ2) is 8.77. The van der Waals surface area contributed by atoms with Crippen molar-refractivity contribution >= 4 is 46.3 Å². The molecule has 8 heteroatoms. The molecule has 5 nitrogen and oxygen atoms in total. The number of thiazole rings is 1. The summed E-state index contributed by atoms with van der Waals surface area (Å²) in [6.07, 6.45) is 3.84. The molecule has 2 aliphatic carbocycles. The smallest absolute Gasteiger partial charge is 0.308 e. The number of methoxy groups -OCH3 is 1. The standard InChI is InChI=1S/C26H25ClN2O3S2/c1-32-19-10-8-18(9-11-19)28-20(30)13-29-25-24(34-26(29)31)21(14-4-6-17(27)7-5-14)22-15-2-3-16(12-15)23(22)33-25/h4-11,15-16,21-23H,2-3,12-13H2,1H3,(H,28,30)/t15?,16?,21-,22?,23?/m1/s1. The topological polar surface area (TPSA) is 60.3 Å². The van der Waals surface area contributed by atoms with E-state index in [4.69, 9.17) is 16.3 Å². The number of thioether (sulfide) groups is 1. The van der Waals surface area contributed by atoms with Gasteiger partial charge in [-0.15, -0.1) is 11.8 Å². The summed E-state index contributed by atoms with van der Waals surface area (Å²) in [4.78, 5) is 27.1. The number of carbonyl (C=O) groups is 1. The highest BCUT2D eigenvalue weighted by Crippen LogP contribution is 2.64. The van der Waals surface area contributed by atoms with E-state index in [0.29, 0.717) is 28.7 Å². The van der Waals surface area contributed by atoms with Crippen molar-refractivity contribution < 1.29 is 9.53 Å². The Labute approximate surface area is 211 Å². The molecule has 176 valence electrons. The molecule has 6 rings (SSSR count). The Morgan fingerprint density at radius 2 is 1.85 bits per heavy atom. The van der Waals surface area contributed by atoms with Gasteiger partial charge in [0, 0.05) is 26.8 Å². The number of halogens is 1. The van der Waals surface area contributed by atoms with Gasteiger partial charge in [0.1, 0.15) is 12.3 Å². The van der Waals surface area contributed by atoms with Crippen LogP contribution in [0.25, 0.3) is 0 Å². The van der Waals surface area contributed by atoms with Crippen LogP contribution in [0.5, 0.6) is 5.75 Å². The fourth-order valence-corrected chi connectivity index (χ4v) is 9.43.